The number of nitrogens with one attached hydrogen (secondary N) is 1. The van der Waals surface area contributed by atoms with Crippen LogP contribution in [0.1, 0.15) is 37.3 Å². The predicted octanol–water partition coefficient (Wildman–Crippen LogP) is 1.96. The Bertz CT molecular complexity index is 682. The lowest BCUT2D eigenvalue weighted by molar-refractivity contribution is -0.123. The number of nitrogens with two attached hydrogens (primary N) is 1. The number of amides is 1. The van der Waals surface area contributed by atoms with Crippen LogP contribution in [0.25, 0.3) is 0 Å². The van der Waals surface area contributed by atoms with Gasteiger partial charge in [-0.2, -0.15) is 4.80 Å². The highest BCUT2D eigenvalue weighted by Crippen LogP contribution is 2.36. The molecule has 23 heavy (non-hydrogen) atoms. The number of rotatable bonds is 5. The van der Waals surface area contributed by atoms with Crippen molar-refractivity contribution in [2.45, 2.75) is 38.3 Å². The molecule has 3 N–H and O–H groups in total. The van der Waals surface area contributed by atoms with Gasteiger partial charge in [0.05, 0.1) is 6.04 Å². The Morgan fingerprint density at radius 2 is 2.22 bits per heavy atom. The van der Waals surface area contributed by atoms with Crippen LogP contribution in [0.4, 0.5) is 5.95 Å². The van der Waals surface area contributed by atoms with Crippen molar-refractivity contribution >= 4 is 23.5 Å². The number of nitrogens with zero attached hydrogens (tertiary/aromatic N) is 4. The molecule has 1 heterocycles. The molecule has 1 aromatic carbocycles. The molecule has 0 radical (unpaired) electrons. The van der Waals surface area contributed by atoms with Crippen LogP contribution < -0.4 is 11.1 Å². The molecule has 1 aromatic heterocycles. The van der Waals surface area contributed by atoms with Crippen molar-refractivity contribution in [3.8, 4) is 0 Å². The Morgan fingerprint density at radius 3 is 2.87 bits per heavy atom. The second-order valence-corrected chi connectivity index (χ2v) is 6.26. The molecule has 0 bridgehead atoms. The molecule has 1 amide bonds. The van der Waals surface area contributed by atoms with Crippen molar-refractivity contribution in [1.82, 2.24) is 25.5 Å². The molecular formula is C15H19ClN6O. The monoisotopic (exact) mass is 334 g/mol. The van der Waals surface area contributed by atoms with Crippen molar-refractivity contribution in [2.24, 2.45) is 5.92 Å². The Balaban J connectivity index is 1.74. The number of aromatic nitrogens is 4. The fourth-order valence-corrected chi connectivity index (χ4v) is 3.33. The fourth-order valence-electron chi connectivity index (χ4n) is 3.13. The Morgan fingerprint density at radius 1 is 1.43 bits per heavy atom. The van der Waals surface area contributed by atoms with Crippen LogP contribution in [0.3, 0.4) is 0 Å². The number of tetrazole rings is 1. The van der Waals surface area contributed by atoms with Crippen molar-refractivity contribution in [3.05, 3.63) is 34.9 Å². The zero-order valence-electron chi connectivity index (χ0n) is 12.7. The third-order valence-corrected chi connectivity index (χ3v) is 4.38. The van der Waals surface area contributed by atoms with Crippen LogP contribution >= 0.6 is 11.6 Å². The lowest BCUT2D eigenvalue weighted by atomic mass is 9.91. The van der Waals surface area contributed by atoms with E-state index < -0.39 is 0 Å². The lowest BCUT2D eigenvalue weighted by Gasteiger charge is -2.25. The molecule has 8 heteroatoms. The van der Waals surface area contributed by atoms with Gasteiger partial charge in [0.15, 0.2) is 0 Å². The van der Waals surface area contributed by atoms with Gasteiger partial charge < -0.3 is 11.1 Å². The van der Waals surface area contributed by atoms with E-state index in [1.807, 2.05) is 24.3 Å². The largest absolute Gasteiger partial charge is 0.365 e. The Labute approximate surface area is 139 Å². The third kappa shape index (κ3) is 3.98. The molecule has 7 nitrogen and oxygen atoms in total. The summed E-state index contributed by atoms with van der Waals surface area (Å²) < 4.78 is 0. The quantitative estimate of drug-likeness (QED) is 0.870. The number of carbonyl (C=O) groups is 1. The van der Waals surface area contributed by atoms with Crippen LogP contribution in [0.2, 0.25) is 5.02 Å². The van der Waals surface area contributed by atoms with Gasteiger partial charge in [0, 0.05) is 5.02 Å². The summed E-state index contributed by atoms with van der Waals surface area (Å²) in [6.45, 7) is -0.00597. The number of halogens is 1. The first-order chi connectivity index (χ1) is 11.1. The van der Waals surface area contributed by atoms with E-state index in [0.29, 0.717) is 10.9 Å². The molecule has 0 aliphatic heterocycles. The highest BCUT2D eigenvalue weighted by atomic mass is 35.5. The molecule has 2 aromatic rings. The van der Waals surface area contributed by atoms with E-state index in [1.54, 1.807) is 0 Å². The van der Waals surface area contributed by atoms with Gasteiger partial charge in [0.1, 0.15) is 6.54 Å². The maximum Gasteiger partial charge on any atom is 0.260 e. The molecule has 1 aliphatic carbocycles. The third-order valence-electron chi connectivity index (χ3n) is 4.15. The zero-order valence-corrected chi connectivity index (χ0v) is 13.4. The number of hydrogen-bond donors (Lipinski definition) is 2. The lowest BCUT2D eigenvalue weighted by Crippen LogP contribution is -2.35. The number of carbonyl (C=O) groups excluding carboxylic acids is 1. The molecule has 1 saturated carbocycles. The van der Waals surface area contributed by atoms with E-state index >= 15 is 0 Å². The van der Waals surface area contributed by atoms with E-state index in [1.165, 1.54) is 17.6 Å². The highest BCUT2D eigenvalue weighted by Gasteiger charge is 2.28. The summed E-state index contributed by atoms with van der Waals surface area (Å²) in [7, 11) is 0. The van der Waals surface area contributed by atoms with Gasteiger partial charge in [0.2, 0.25) is 5.91 Å². The zero-order chi connectivity index (χ0) is 16.2. The molecule has 1 aliphatic rings. The van der Waals surface area contributed by atoms with E-state index in [-0.39, 0.29) is 24.4 Å². The maximum atomic E-state index is 12.3. The first-order valence-corrected chi connectivity index (χ1v) is 8.08. The molecular weight excluding hydrogens is 316 g/mol. The van der Waals surface area contributed by atoms with Crippen molar-refractivity contribution in [1.29, 1.82) is 0 Å². The summed E-state index contributed by atoms with van der Waals surface area (Å²) in [4.78, 5) is 13.5. The van der Waals surface area contributed by atoms with E-state index in [0.717, 1.165) is 18.4 Å². The maximum absolute atomic E-state index is 12.3. The van der Waals surface area contributed by atoms with E-state index in [4.69, 9.17) is 17.3 Å². The second kappa shape index (κ2) is 6.95. The first kappa shape index (κ1) is 15.7. The summed E-state index contributed by atoms with van der Waals surface area (Å²) in [6.07, 6.45) is 4.59. The number of benzene rings is 1. The van der Waals surface area contributed by atoms with Crippen LogP contribution in [0, 0.1) is 5.92 Å². The standard InChI is InChI=1S/C15H19ClN6O/c16-12-7-3-6-11(8-12)14(10-4-1-2-5-10)18-13(23)9-22-20-15(17)19-21-22/h3,6-8,10,14H,1-2,4-5,9H2,(H2,17,20)(H,18,23)/t14-/m0/s1. The topological polar surface area (TPSA) is 98.7 Å². The predicted molar refractivity (Wildman–Crippen MR) is 86.5 cm³/mol. The van der Waals surface area contributed by atoms with E-state index in [2.05, 4.69) is 20.7 Å². The summed E-state index contributed by atoms with van der Waals surface area (Å²) >= 11 is 6.11. The van der Waals surface area contributed by atoms with Gasteiger partial charge in [-0.1, -0.05) is 41.7 Å². The van der Waals surface area contributed by atoms with E-state index in [9.17, 15) is 4.79 Å². The van der Waals surface area contributed by atoms with Crippen LogP contribution in [0.5, 0.6) is 0 Å². The summed E-state index contributed by atoms with van der Waals surface area (Å²) in [5.74, 6) is 0.311. The summed E-state index contributed by atoms with van der Waals surface area (Å²) in [5, 5.41) is 14.9. The molecule has 0 saturated heterocycles. The SMILES string of the molecule is Nc1nnn(CC(=O)N[C@H](c2cccc(Cl)c2)C2CCCC2)n1. The van der Waals surface area contributed by atoms with Gasteiger partial charge in [-0.25, -0.2) is 0 Å². The molecule has 122 valence electrons. The number of anilines is 1. The summed E-state index contributed by atoms with van der Waals surface area (Å²) in [6, 6.07) is 7.60. The van der Waals surface area contributed by atoms with Gasteiger partial charge in [0.25, 0.3) is 5.95 Å². The minimum atomic E-state index is -0.167. The smallest absolute Gasteiger partial charge is 0.260 e. The van der Waals surface area contributed by atoms with Gasteiger partial charge >= 0.3 is 0 Å². The second-order valence-electron chi connectivity index (χ2n) is 5.82. The average Bonchev–Trinajstić information content (AvgIpc) is 3.17. The fraction of sp³-hybridized carbons (Fsp3) is 0.467. The van der Waals surface area contributed by atoms with Gasteiger partial charge in [-0.15, -0.1) is 5.10 Å². The average molecular weight is 335 g/mol. The Hall–Kier alpha value is -2.15. The minimum absolute atomic E-state index is 0.00597. The normalized spacial score (nSPS) is 16.4. The van der Waals surface area contributed by atoms with Crippen molar-refractivity contribution in [2.75, 3.05) is 5.73 Å². The van der Waals surface area contributed by atoms with Crippen molar-refractivity contribution in [3.63, 3.8) is 0 Å². The van der Waals surface area contributed by atoms with Gasteiger partial charge in [-0.3, -0.25) is 4.79 Å². The highest BCUT2D eigenvalue weighted by molar-refractivity contribution is 6.30. The van der Waals surface area contributed by atoms with Gasteiger partial charge in [-0.05, 0) is 41.7 Å². The molecule has 0 unspecified atom stereocenters. The summed E-state index contributed by atoms with van der Waals surface area (Å²) in [5.41, 5.74) is 6.44. The first-order valence-electron chi connectivity index (χ1n) is 7.70. The molecule has 1 fully saturated rings. The molecule has 1 atom stereocenters. The van der Waals surface area contributed by atoms with Crippen LogP contribution in [0.15, 0.2) is 24.3 Å². The minimum Gasteiger partial charge on any atom is -0.365 e. The number of nitrogen functional groups attached to an aromatic ring is 1. The van der Waals surface area contributed by atoms with Crippen molar-refractivity contribution < 1.29 is 4.79 Å². The van der Waals surface area contributed by atoms with Crippen LogP contribution in [-0.4, -0.2) is 26.1 Å². The van der Waals surface area contributed by atoms with Crippen LogP contribution in [-0.2, 0) is 11.3 Å². The molecule has 0 spiro atoms. The Kier molecular flexibility index (Phi) is 4.76. The number of hydrogen-bond acceptors (Lipinski definition) is 5. The molecule has 3 rings (SSSR count).